The molecule has 0 spiro atoms. The lowest BCUT2D eigenvalue weighted by Gasteiger charge is -2.40. The maximum atomic E-state index is 12.6. The molecule has 104 valence electrons. The molecular formula is C15H28N2O. The Balaban J connectivity index is 1.86. The first-order valence-corrected chi connectivity index (χ1v) is 7.65. The van der Waals surface area contributed by atoms with Crippen molar-refractivity contribution in [1.82, 2.24) is 4.90 Å². The highest BCUT2D eigenvalue weighted by Crippen LogP contribution is 2.38. The van der Waals surface area contributed by atoms with Crippen LogP contribution in [0.2, 0.25) is 0 Å². The number of carbonyl (C=O) groups is 1. The van der Waals surface area contributed by atoms with Crippen LogP contribution in [-0.4, -0.2) is 30.4 Å². The van der Waals surface area contributed by atoms with Crippen LogP contribution in [0.5, 0.6) is 0 Å². The van der Waals surface area contributed by atoms with Gasteiger partial charge in [0.05, 0.1) is 0 Å². The van der Waals surface area contributed by atoms with Crippen molar-refractivity contribution < 1.29 is 4.79 Å². The fourth-order valence-electron chi connectivity index (χ4n) is 3.59. The van der Waals surface area contributed by atoms with E-state index < -0.39 is 0 Å². The highest BCUT2D eigenvalue weighted by atomic mass is 16.2. The normalized spacial score (nSPS) is 25.1. The number of nitrogens with two attached hydrogens (primary N) is 1. The van der Waals surface area contributed by atoms with Crippen LogP contribution in [0.4, 0.5) is 0 Å². The van der Waals surface area contributed by atoms with E-state index >= 15 is 0 Å². The maximum absolute atomic E-state index is 12.6. The molecule has 0 aromatic carbocycles. The molecule has 1 saturated heterocycles. The third-order valence-corrected chi connectivity index (χ3v) is 4.95. The summed E-state index contributed by atoms with van der Waals surface area (Å²) in [7, 11) is 0. The lowest BCUT2D eigenvalue weighted by atomic mass is 9.74. The number of amides is 1. The molecule has 1 amide bonds. The van der Waals surface area contributed by atoms with E-state index in [-0.39, 0.29) is 5.41 Å². The van der Waals surface area contributed by atoms with Crippen molar-refractivity contribution in [2.24, 2.45) is 17.1 Å². The molecule has 3 nitrogen and oxygen atoms in total. The van der Waals surface area contributed by atoms with Gasteiger partial charge in [0.1, 0.15) is 0 Å². The Kier molecular flexibility index (Phi) is 4.66. The highest BCUT2D eigenvalue weighted by molar-refractivity contribution is 5.82. The Morgan fingerprint density at radius 2 is 1.83 bits per heavy atom. The Morgan fingerprint density at radius 1 is 1.22 bits per heavy atom. The van der Waals surface area contributed by atoms with Gasteiger partial charge >= 0.3 is 0 Å². The number of nitrogens with zero attached hydrogens (tertiary/aromatic N) is 1. The Morgan fingerprint density at radius 3 is 2.39 bits per heavy atom. The predicted molar refractivity (Wildman–Crippen MR) is 74.2 cm³/mol. The van der Waals surface area contributed by atoms with E-state index in [0.29, 0.717) is 5.91 Å². The number of rotatable bonds is 3. The van der Waals surface area contributed by atoms with Gasteiger partial charge in [0.25, 0.3) is 0 Å². The van der Waals surface area contributed by atoms with Crippen molar-refractivity contribution in [3.8, 4) is 0 Å². The molecule has 2 aliphatic rings. The minimum Gasteiger partial charge on any atom is -0.342 e. The standard InChI is InChI=1S/C15H28N2O/c1-15(8-3-2-4-9-15)14(18)17-11-6-13(5-10-16)7-12-17/h13H,2-12,16H2,1H3. The summed E-state index contributed by atoms with van der Waals surface area (Å²) in [6.07, 6.45) is 9.37. The summed E-state index contributed by atoms with van der Waals surface area (Å²) in [5.74, 6) is 1.17. The van der Waals surface area contributed by atoms with Crippen LogP contribution < -0.4 is 5.73 Å². The largest absolute Gasteiger partial charge is 0.342 e. The van der Waals surface area contributed by atoms with Crippen LogP contribution in [-0.2, 0) is 4.79 Å². The molecular weight excluding hydrogens is 224 g/mol. The van der Waals surface area contributed by atoms with Gasteiger partial charge < -0.3 is 10.6 Å². The van der Waals surface area contributed by atoms with Gasteiger partial charge in [-0.25, -0.2) is 0 Å². The van der Waals surface area contributed by atoms with Crippen LogP contribution in [0.15, 0.2) is 0 Å². The molecule has 0 aromatic heterocycles. The van der Waals surface area contributed by atoms with E-state index in [4.69, 9.17) is 5.73 Å². The van der Waals surface area contributed by atoms with Crippen molar-refractivity contribution in [3.05, 3.63) is 0 Å². The second-order valence-corrected chi connectivity index (χ2v) is 6.43. The molecule has 1 saturated carbocycles. The van der Waals surface area contributed by atoms with Gasteiger partial charge in [0, 0.05) is 18.5 Å². The van der Waals surface area contributed by atoms with E-state index in [9.17, 15) is 4.79 Å². The first kappa shape index (κ1) is 13.9. The van der Waals surface area contributed by atoms with Crippen LogP contribution in [0.3, 0.4) is 0 Å². The number of carbonyl (C=O) groups excluding carboxylic acids is 1. The molecule has 0 bridgehead atoms. The average Bonchev–Trinajstić information content (AvgIpc) is 2.40. The van der Waals surface area contributed by atoms with Gasteiger partial charge in [-0.3, -0.25) is 4.79 Å². The second kappa shape index (κ2) is 6.05. The SMILES string of the molecule is CC1(C(=O)N2CCC(CCN)CC2)CCCCC1. The van der Waals surface area contributed by atoms with E-state index in [2.05, 4.69) is 11.8 Å². The molecule has 1 heterocycles. The monoisotopic (exact) mass is 252 g/mol. The first-order chi connectivity index (χ1) is 8.65. The average molecular weight is 252 g/mol. The molecule has 2 fully saturated rings. The van der Waals surface area contributed by atoms with Crippen molar-refractivity contribution in [2.45, 2.75) is 58.3 Å². The summed E-state index contributed by atoms with van der Waals surface area (Å²) in [6, 6.07) is 0. The Bertz CT molecular complexity index is 276. The van der Waals surface area contributed by atoms with Crippen LogP contribution in [0.1, 0.15) is 58.3 Å². The fourth-order valence-corrected chi connectivity index (χ4v) is 3.59. The summed E-state index contributed by atoms with van der Waals surface area (Å²) in [5, 5.41) is 0. The van der Waals surface area contributed by atoms with Crippen LogP contribution >= 0.6 is 0 Å². The quantitative estimate of drug-likeness (QED) is 0.839. The molecule has 2 rings (SSSR count). The third-order valence-electron chi connectivity index (χ3n) is 4.95. The van der Waals surface area contributed by atoms with E-state index in [0.717, 1.165) is 57.7 Å². The van der Waals surface area contributed by atoms with Gasteiger partial charge in [0.2, 0.25) is 5.91 Å². The van der Waals surface area contributed by atoms with Crippen molar-refractivity contribution in [2.75, 3.05) is 19.6 Å². The molecule has 2 N–H and O–H groups in total. The van der Waals surface area contributed by atoms with Gasteiger partial charge in [0.15, 0.2) is 0 Å². The topological polar surface area (TPSA) is 46.3 Å². The zero-order valence-electron chi connectivity index (χ0n) is 11.8. The number of likely N-dealkylation sites (tertiary alicyclic amines) is 1. The molecule has 1 aliphatic carbocycles. The molecule has 0 atom stereocenters. The van der Waals surface area contributed by atoms with E-state index in [1.165, 1.54) is 19.3 Å². The molecule has 0 radical (unpaired) electrons. The lowest BCUT2D eigenvalue weighted by molar-refractivity contribution is -0.144. The summed E-state index contributed by atoms with van der Waals surface area (Å²) >= 11 is 0. The van der Waals surface area contributed by atoms with Crippen molar-refractivity contribution in [1.29, 1.82) is 0 Å². The summed E-state index contributed by atoms with van der Waals surface area (Å²) < 4.78 is 0. The maximum Gasteiger partial charge on any atom is 0.228 e. The Hall–Kier alpha value is -0.570. The van der Waals surface area contributed by atoms with Gasteiger partial charge in [-0.2, -0.15) is 0 Å². The van der Waals surface area contributed by atoms with Gasteiger partial charge in [-0.1, -0.05) is 26.2 Å². The lowest BCUT2D eigenvalue weighted by Crippen LogP contribution is -2.47. The van der Waals surface area contributed by atoms with Crippen LogP contribution in [0.25, 0.3) is 0 Å². The summed E-state index contributed by atoms with van der Waals surface area (Å²) in [4.78, 5) is 14.8. The van der Waals surface area contributed by atoms with E-state index in [1.54, 1.807) is 0 Å². The van der Waals surface area contributed by atoms with Gasteiger partial charge in [-0.05, 0) is 44.6 Å². The molecule has 1 aliphatic heterocycles. The summed E-state index contributed by atoms with van der Waals surface area (Å²) in [5.41, 5.74) is 5.55. The fraction of sp³-hybridized carbons (Fsp3) is 0.933. The molecule has 3 heteroatoms. The summed E-state index contributed by atoms with van der Waals surface area (Å²) in [6.45, 7) is 4.88. The number of piperidine rings is 1. The minimum absolute atomic E-state index is 0.0566. The Labute approximate surface area is 111 Å². The zero-order chi connectivity index (χ0) is 13.0. The third kappa shape index (κ3) is 3.05. The molecule has 0 unspecified atom stereocenters. The first-order valence-electron chi connectivity index (χ1n) is 7.65. The highest BCUT2D eigenvalue weighted by Gasteiger charge is 2.38. The molecule has 0 aromatic rings. The predicted octanol–water partition coefficient (Wildman–Crippen LogP) is 2.54. The van der Waals surface area contributed by atoms with Crippen molar-refractivity contribution >= 4 is 5.91 Å². The number of hydrogen-bond acceptors (Lipinski definition) is 2. The minimum atomic E-state index is -0.0566. The van der Waals surface area contributed by atoms with Crippen LogP contribution in [0, 0.1) is 11.3 Å². The molecule has 18 heavy (non-hydrogen) atoms. The van der Waals surface area contributed by atoms with E-state index in [1.807, 2.05) is 0 Å². The van der Waals surface area contributed by atoms with Crippen molar-refractivity contribution in [3.63, 3.8) is 0 Å². The van der Waals surface area contributed by atoms with Gasteiger partial charge in [-0.15, -0.1) is 0 Å². The smallest absolute Gasteiger partial charge is 0.228 e. The number of hydrogen-bond donors (Lipinski definition) is 1. The zero-order valence-corrected chi connectivity index (χ0v) is 11.8. The second-order valence-electron chi connectivity index (χ2n) is 6.43.